The van der Waals surface area contributed by atoms with Crippen LogP contribution in [0.4, 0.5) is 0 Å². The first-order chi connectivity index (χ1) is 20.5. The Morgan fingerprint density at radius 1 is 0.907 bits per heavy atom. The lowest BCUT2D eigenvalue weighted by molar-refractivity contribution is -0.172. The van der Waals surface area contributed by atoms with Crippen LogP contribution < -0.4 is 5.32 Å². The highest BCUT2D eigenvalue weighted by molar-refractivity contribution is 5.88. The van der Waals surface area contributed by atoms with Gasteiger partial charge >= 0.3 is 5.97 Å². The average Bonchev–Trinajstić information content (AvgIpc) is 3.59. The summed E-state index contributed by atoms with van der Waals surface area (Å²) in [7, 11) is 0. The molecule has 43 heavy (non-hydrogen) atoms. The number of carboxylic acids is 1. The van der Waals surface area contributed by atoms with E-state index in [0.29, 0.717) is 33.8 Å². The number of hydrogen-bond donors (Lipinski definition) is 2. The van der Waals surface area contributed by atoms with Crippen LogP contribution in [0.2, 0.25) is 0 Å². The van der Waals surface area contributed by atoms with Gasteiger partial charge in [0.1, 0.15) is 0 Å². The van der Waals surface area contributed by atoms with Crippen molar-refractivity contribution in [1.82, 2.24) is 10.2 Å². The monoisotopic (exact) mass is 586 g/mol. The van der Waals surface area contributed by atoms with Gasteiger partial charge in [-0.05, 0) is 133 Å². The zero-order chi connectivity index (χ0) is 30.2. The number of amides is 1. The second-order valence-corrected chi connectivity index (χ2v) is 16.5. The molecule has 1 heterocycles. The van der Waals surface area contributed by atoms with Crippen LogP contribution in [-0.4, -0.2) is 47.1 Å². The quantitative estimate of drug-likeness (QED) is 0.357. The molecule has 1 aromatic carbocycles. The van der Waals surface area contributed by atoms with Crippen LogP contribution in [0.5, 0.6) is 0 Å². The number of likely N-dealkylation sites (tertiary alicyclic amines) is 1. The van der Waals surface area contributed by atoms with Crippen LogP contribution in [0.25, 0.3) is 5.57 Å². The minimum atomic E-state index is -0.856. The fourth-order valence-electron chi connectivity index (χ4n) is 12.8. The lowest BCUT2D eigenvalue weighted by Crippen LogP contribution is -2.63. The number of aromatic carboxylic acids is 1. The number of nitrogens with zero attached hydrogens (tertiary/aromatic N) is 1. The fraction of sp³-hybridized carbons (Fsp3) is 0.737. The molecule has 234 valence electrons. The zero-order valence-corrected chi connectivity index (χ0v) is 27.1. The van der Waals surface area contributed by atoms with Gasteiger partial charge in [-0.25, -0.2) is 4.79 Å². The summed E-state index contributed by atoms with van der Waals surface area (Å²) >= 11 is 0. The van der Waals surface area contributed by atoms with Gasteiger partial charge in [-0.3, -0.25) is 4.79 Å². The van der Waals surface area contributed by atoms with Crippen molar-refractivity contribution in [3.63, 3.8) is 0 Å². The van der Waals surface area contributed by atoms with Crippen molar-refractivity contribution in [2.45, 2.75) is 110 Å². The molecule has 5 heteroatoms. The third-order valence-corrected chi connectivity index (χ3v) is 14.6. The number of rotatable bonds is 6. The first-order valence-corrected chi connectivity index (χ1v) is 17.6. The third-order valence-electron chi connectivity index (χ3n) is 14.6. The van der Waals surface area contributed by atoms with Crippen LogP contribution >= 0.6 is 0 Å². The molecule has 7 rings (SSSR count). The minimum absolute atomic E-state index is 0.0593. The lowest BCUT2D eigenvalue weighted by atomic mass is 9.37. The van der Waals surface area contributed by atoms with Crippen molar-refractivity contribution < 1.29 is 14.7 Å². The van der Waals surface area contributed by atoms with Crippen molar-refractivity contribution in [1.29, 1.82) is 0 Å². The molecule has 1 aromatic rings. The summed E-state index contributed by atoms with van der Waals surface area (Å²) in [5.74, 6) is 3.36. The Bertz CT molecular complexity index is 1300. The van der Waals surface area contributed by atoms with Crippen molar-refractivity contribution in [3.8, 4) is 0 Å². The van der Waals surface area contributed by atoms with Gasteiger partial charge < -0.3 is 15.3 Å². The molecule has 0 bridgehead atoms. The standard InChI is InChI=1S/C38H54N2O3/c1-35(2)28(25-9-11-26(12-10-25)34(42)43)15-19-37(4)31(35)17-20-36(3)29-16-21-38(39-22-24-40-23-6-8-33(40)41)18-5-7-30(38)27(29)13-14-32(36)37/h9-12,15,27,29-32,39H,5-8,13-14,16-24H2,1-4H3,(H,42,43). The van der Waals surface area contributed by atoms with E-state index in [9.17, 15) is 14.7 Å². The number of carbonyl (C=O) groups excluding carboxylic acids is 1. The largest absolute Gasteiger partial charge is 0.478 e. The van der Waals surface area contributed by atoms with E-state index in [1.165, 1.54) is 68.9 Å². The molecule has 5 nitrogen and oxygen atoms in total. The SMILES string of the molecule is CC1(C)C(c2ccc(C(=O)O)cc2)=CCC2(C)C1CCC1(C)C3CCC4(NCCN5CCCC5=O)CCCC4C3CCC12. The molecule has 5 fully saturated rings. The summed E-state index contributed by atoms with van der Waals surface area (Å²) in [5, 5.41) is 13.5. The fourth-order valence-corrected chi connectivity index (χ4v) is 12.8. The average molecular weight is 587 g/mol. The molecule has 8 atom stereocenters. The van der Waals surface area contributed by atoms with Crippen LogP contribution in [0.3, 0.4) is 0 Å². The highest BCUT2D eigenvalue weighted by atomic mass is 16.4. The number of carboxylic acid groups (broad SMARTS) is 1. The maximum absolute atomic E-state index is 12.2. The predicted octanol–water partition coefficient (Wildman–Crippen LogP) is 7.81. The van der Waals surface area contributed by atoms with Gasteiger partial charge in [-0.1, -0.05) is 52.3 Å². The first kappa shape index (κ1) is 29.6. The Morgan fingerprint density at radius 2 is 1.70 bits per heavy atom. The van der Waals surface area contributed by atoms with Gasteiger partial charge in [0, 0.05) is 31.6 Å². The van der Waals surface area contributed by atoms with Crippen LogP contribution in [-0.2, 0) is 4.79 Å². The summed E-state index contributed by atoms with van der Waals surface area (Å²) in [6.07, 6.45) is 17.6. The zero-order valence-electron chi connectivity index (χ0n) is 27.1. The molecular formula is C38H54N2O3. The van der Waals surface area contributed by atoms with Gasteiger partial charge in [0.05, 0.1) is 5.56 Å². The van der Waals surface area contributed by atoms with E-state index < -0.39 is 5.97 Å². The van der Waals surface area contributed by atoms with E-state index in [1.807, 2.05) is 12.1 Å². The normalized spacial score (nSPS) is 41.6. The second-order valence-electron chi connectivity index (χ2n) is 16.5. The number of hydrogen-bond acceptors (Lipinski definition) is 3. The van der Waals surface area contributed by atoms with Gasteiger partial charge in [-0.15, -0.1) is 0 Å². The Hall–Kier alpha value is -2.14. The summed E-state index contributed by atoms with van der Waals surface area (Å²) in [6, 6.07) is 7.61. The van der Waals surface area contributed by atoms with Gasteiger partial charge in [0.15, 0.2) is 0 Å². The van der Waals surface area contributed by atoms with Crippen LogP contribution in [0.15, 0.2) is 30.3 Å². The van der Waals surface area contributed by atoms with Crippen molar-refractivity contribution in [2.24, 2.45) is 45.8 Å². The second kappa shape index (κ2) is 10.5. The first-order valence-electron chi connectivity index (χ1n) is 17.6. The molecule has 5 aliphatic carbocycles. The summed E-state index contributed by atoms with van der Waals surface area (Å²) < 4.78 is 0. The Kier molecular flexibility index (Phi) is 7.19. The Morgan fingerprint density at radius 3 is 2.42 bits per heavy atom. The van der Waals surface area contributed by atoms with E-state index in [2.05, 4.69) is 44.0 Å². The van der Waals surface area contributed by atoms with Crippen molar-refractivity contribution >= 4 is 17.4 Å². The minimum Gasteiger partial charge on any atom is -0.478 e. The number of fused-ring (bicyclic) bond motifs is 7. The Labute approximate surface area is 259 Å². The molecule has 0 spiro atoms. The summed E-state index contributed by atoms with van der Waals surface area (Å²) in [5.41, 5.74) is 4.05. The number of allylic oxidation sites excluding steroid dienone is 2. The molecule has 0 aromatic heterocycles. The summed E-state index contributed by atoms with van der Waals surface area (Å²) in [6.45, 7) is 13.1. The molecule has 6 aliphatic rings. The van der Waals surface area contributed by atoms with E-state index in [1.54, 1.807) is 12.1 Å². The van der Waals surface area contributed by atoms with Crippen molar-refractivity contribution in [3.05, 3.63) is 41.5 Å². The van der Waals surface area contributed by atoms with Crippen LogP contribution in [0.1, 0.15) is 121 Å². The van der Waals surface area contributed by atoms with E-state index >= 15 is 0 Å². The smallest absolute Gasteiger partial charge is 0.335 e. The number of benzene rings is 1. The number of nitrogens with one attached hydrogen (secondary N) is 1. The highest BCUT2D eigenvalue weighted by Gasteiger charge is 2.65. The lowest BCUT2D eigenvalue weighted by Gasteiger charge is -2.68. The van der Waals surface area contributed by atoms with Gasteiger partial charge in [0.25, 0.3) is 0 Å². The predicted molar refractivity (Wildman–Crippen MR) is 172 cm³/mol. The van der Waals surface area contributed by atoms with Crippen LogP contribution in [0, 0.1) is 45.8 Å². The van der Waals surface area contributed by atoms with E-state index in [4.69, 9.17) is 0 Å². The van der Waals surface area contributed by atoms with Gasteiger partial charge in [-0.2, -0.15) is 0 Å². The third kappa shape index (κ3) is 4.49. The highest BCUT2D eigenvalue weighted by Crippen LogP contribution is 2.72. The molecule has 1 amide bonds. The molecule has 4 saturated carbocycles. The maximum Gasteiger partial charge on any atom is 0.335 e. The molecule has 2 N–H and O–H groups in total. The summed E-state index contributed by atoms with van der Waals surface area (Å²) in [4.78, 5) is 25.8. The maximum atomic E-state index is 12.2. The molecule has 1 aliphatic heterocycles. The van der Waals surface area contributed by atoms with E-state index in [0.717, 1.165) is 62.6 Å². The molecule has 8 unspecified atom stereocenters. The molecule has 1 saturated heterocycles. The molecule has 0 radical (unpaired) electrons. The Balaban J connectivity index is 1.10. The van der Waals surface area contributed by atoms with Crippen molar-refractivity contribution in [2.75, 3.05) is 19.6 Å². The van der Waals surface area contributed by atoms with E-state index in [-0.39, 0.29) is 5.41 Å². The molecular weight excluding hydrogens is 532 g/mol. The van der Waals surface area contributed by atoms with Gasteiger partial charge in [0.2, 0.25) is 5.91 Å². The topological polar surface area (TPSA) is 69.6 Å². The number of carbonyl (C=O) groups is 2.